The molecule has 1 aliphatic heterocycles. The van der Waals surface area contributed by atoms with Crippen LogP contribution in [0.4, 0.5) is 9.59 Å². The fraction of sp³-hybridized carbons (Fsp3) is 0.636. The smallest absolute Gasteiger partial charge is 0.444 e. The first kappa shape index (κ1) is 14.9. The molecular weight excluding hydrogens is 256 g/mol. The predicted molar refractivity (Wildman–Crippen MR) is 61.8 cm³/mol. The van der Waals surface area contributed by atoms with Gasteiger partial charge in [0.15, 0.2) is 0 Å². The average molecular weight is 272 g/mol. The van der Waals surface area contributed by atoms with Crippen LogP contribution in [0, 0.1) is 5.92 Å². The summed E-state index contributed by atoms with van der Waals surface area (Å²) in [6.07, 6.45) is -2.12. The molecule has 1 N–H and O–H groups in total. The van der Waals surface area contributed by atoms with Gasteiger partial charge in [-0.25, -0.2) is 14.5 Å². The lowest BCUT2D eigenvalue weighted by Gasteiger charge is -2.21. The van der Waals surface area contributed by atoms with E-state index in [4.69, 9.17) is 5.11 Å². The number of hydrogen-bond donors (Lipinski definition) is 1. The zero-order valence-electron chi connectivity index (χ0n) is 10.8. The quantitative estimate of drug-likeness (QED) is 0.771. The van der Waals surface area contributed by atoms with Crippen LogP contribution in [0.3, 0.4) is 0 Å². The number of carboxylic acid groups (broad SMARTS) is 1. The maximum atomic E-state index is 11.7. The second-order valence-corrected chi connectivity index (χ2v) is 4.35. The Hall–Kier alpha value is -2.12. The van der Waals surface area contributed by atoms with Gasteiger partial charge in [-0.2, -0.15) is 0 Å². The highest BCUT2D eigenvalue weighted by Crippen LogP contribution is 2.14. The lowest BCUT2D eigenvalue weighted by Crippen LogP contribution is -2.43. The molecule has 1 atom stereocenters. The average Bonchev–Trinajstić information content (AvgIpc) is 2.66. The third-order valence-electron chi connectivity index (χ3n) is 2.82. The van der Waals surface area contributed by atoms with E-state index < -0.39 is 24.0 Å². The molecule has 8 heteroatoms. The van der Waals surface area contributed by atoms with Crippen LogP contribution in [-0.2, 0) is 14.4 Å². The molecule has 0 bridgehead atoms. The summed E-state index contributed by atoms with van der Waals surface area (Å²) in [4.78, 5) is 50.1. The van der Waals surface area contributed by atoms with Gasteiger partial charge in [-0.3, -0.25) is 9.59 Å². The summed E-state index contributed by atoms with van der Waals surface area (Å²) in [7, 11) is 0. The molecule has 0 aliphatic carbocycles. The topological polar surface area (TPSA) is 104 Å². The molecule has 0 aromatic carbocycles. The maximum Gasteiger partial charge on any atom is 0.444 e. The number of hydroxylamine groups is 2. The van der Waals surface area contributed by atoms with Crippen molar-refractivity contribution in [2.24, 2.45) is 5.92 Å². The summed E-state index contributed by atoms with van der Waals surface area (Å²) in [6.45, 7) is 3.57. The minimum absolute atomic E-state index is 0.0372. The Morgan fingerprint density at radius 2 is 1.89 bits per heavy atom. The second-order valence-electron chi connectivity index (χ2n) is 4.35. The summed E-state index contributed by atoms with van der Waals surface area (Å²) in [5, 5.41) is 9.26. The van der Waals surface area contributed by atoms with Gasteiger partial charge in [-0.05, 0) is 5.92 Å². The fourth-order valence-electron chi connectivity index (χ4n) is 1.46. The number of carbonyl (C=O) groups excluding carboxylic acids is 3. The second kappa shape index (κ2) is 6.17. The van der Waals surface area contributed by atoms with E-state index in [0.29, 0.717) is 16.4 Å². The zero-order chi connectivity index (χ0) is 14.6. The van der Waals surface area contributed by atoms with Crippen LogP contribution >= 0.6 is 0 Å². The van der Waals surface area contributed by atoms with Crippen molar-refractivity contribution in [2.75, 3.05) is 6.54 Å². The minimum atomic E-state index is -1.48. The molecule has 8 nitrogen and oxygen atoms in total. The molecule has 1 aliphatic rings. The summed E-state index contributed by atoms with van der Waals surface area (Å²) < 4.78 is 0. The van der Waals surface area contributed by atoms with Gasteiger partial charge < -0.3 is 9.94 Å². The van der Waals surface area contributed by atoms with Gasteiger partial charge in [0.1, 0.15) is 0 Å². The minimum Gasteiger partial charge on any atom is -0.465 e. The van der Waals surface area contributed by atoms with Crippen molar-refractivity contribution >= 4 is 24.0 Å². The van der Waals surface area contributed by atoms with Crippen LogP contribution in [0.1, 0.15) is 33.1 Å². The monoisotopic (exact) mass is 272 g/mol. The number of carbonyl (C=O) groups is 4. The van der Waals surface area contributed by atoms with E-state index in [1.807, 2.05) is 6.92 Å². The highest BCUT2D eigenvalue weighted by molar-refractivity contribution is 6.02. The van der Waals surface area contributed by atoms with Gasteiger partial charge >= 0.3 is 12.2 Å². The van der Waals surface area contributed by atoms with E-state index in [9.17, 15) is 19.2 Å². The molecule has 4 amide bonds. The molecule has 0 aromatic rings. The zero-order valence-corrected chi connectivity index (χ0v) is 10.8. The van der Waals surface area contributed by atoms with E-state index in [-0.39, 0.29) is 25.3 Å². The standard InChI is InChI=1S/C11H16N2O6/c1-3-7(2)6-12(10(16)17)11(18)19-13-8(14)4-5-9(13)15/h7H,3-6H2,1-2H3,(H,16,17). The molecule has 1 saturated heterocycles. The Balaban J connectivity index is 2.69. The Morgan fingerprint density at radius 3 is 2.32 bits per heavy atom. The summed E-state index contributed by atoms with van der Waals surface area (Å²) >= 11 is 0. The summed E-state index contributed by atoms with van der Waals surface area (Å²) in [5.41, 5.74) is 0. The number of hydrogen-bond acceptors (Lipinski definition) is 5. The molecule has 1 rings (SSSR count). The van der Waals surface area contributed by atoms with Crippen LogP contribution in [-0.4, -0.2) is 45.6 Å². The molecule has 19 heavy (non-hydrogen) atoms. The van der Waals surface area contributed by atoms with Crippen LogP contribution in [0.15, 0.2) is 0 Å². The Labute approximate surface area is 109 Å². The maximum absolute atomic E-state index is 11.7. The Bertz CT molecular complexity index is 392. The van der Waals surface area contributed by atoms with Gasteiger partial charge in [0.2, 0.25) is 0 Å². The lowest BCUT2D eigenvalue weighted by molar-refractivity contribution is -0.173. The van der Waals surface area contributed by atoms with Gasteiger partial charge in [0, 0.05) is 19.4 Å². The van der Waals surface area contributed by atoms with Crippen LogP contribution in [0.25, 0.3) is 0 Å². The van der Waals surface area contributed by atoms with Gasteiger partial charge in [0.05, 0.1) is 0 Å². The van der Waals surface area contributed by atoms with Gasteiger partial charge in [-0.1, -0.05) is 20.3 Å². The number of imide groups is 2. The molecule has 0 aromatic heterocycles. The molecule has 0 saturated carbocycles. The highest BCUT2D eigenvalue weighted by Gasteiger charge is 2.35. The molecular formula is C11H16N2O6. The fourth-order valence-corrected chi connectivity index (χ4v) is 1.46. The number of rotatable bonds is 4. The molecule has 0 radical (unpaired) electrons. The predicted octanol–water partition coefficient (Wildman–Crippen LogP) is 1.21. The van der Waals surface area contributed by atoms with Gasteiger partial charge in [0.25, 0.3) is 11.8 Å². The first-order valence-corrected chi connectivity index (χ1v) is 5.95. The molecule has 1 heterocycles. The molecule has 1 fully saturated rings. The third kappa shape index (κ3) is 3.67. The van der Waals surface area contributed by atoms with Crippen LogP contribution < -0.4 is 0 Å². The van der Waals surface area contributed by atoms with Gasteiger partial charge in [-0.15, -0.1) is 5.06 Å². The van der Waals surface area contributed by atoms with E-state index in [1.165, 1.54) is 0 Å². The van der Waals surface area contributed by atoms with Crippen molar-refractivity contribution in [3.05, 3.63) is 0 Å². The summed E-state index contributed by atoms with van der Waals surface area (Å²) in [5.74, 6) is -1.34. The third-order valence-corrected chi connectivity index (χ3v) is 2.82. The number of nitrogens with zero attached hydrogens (tertiary/aromatic N) is 2. The van der Waals surface area contributed by atoms with Crippen molar-refractivity contribution in [3.8, 4) is 0 Å². The van der Waals surface area contributed by atoms with E-state index in [2.05, 4.69) is 4.84 Å². The van der Waals surface area contributed by atoms with E-state index in [1.54, 1.807) is 6.92 Å². The Kier molecular flexibility index (Phi) is 4.85. The van der Waals surface area contributed by atoms with Crippen molar-refractivity contribution in [3.63, 3.8) is 0 Å². The first-order valence-electron chi connectivity index (χ1n) is 5.95. The van der Waals surface area contributed by atoms with E-state index >= 15 is 0 Å². The first-order chi connectivity index (χ1) is 8.86. The normalized spacial score (nSPS) is 16.4. The summed E-state index contributed by atoms with van der Waals surface area (Å²) in [6, 6.07) is 0. The highest BCUT2D eigenvalue weighted by atomic mass is 16.7. The van der Waals surface area contributed by atoms with Crippen molar-refractivity contribution in [1.82, 2.24) is 9.96 Å². The molecule has 1 unspecified atom stereocenters. The number of amides is 4. The van der Waals surface area contributed by atoms with Crippen molar-refractivity contribution in [1.29, 1.82) is 0 Å². The van der Waals surface area contributed by atoms with Crippen molar-refractivity contribution < 1.29 is 29.1 Å². The lowest BCUT2D eigenvalue weighted by atomic mass is 10.1. The largest absolute Gasteiger partial charge is 0.465 e. The molecule has 0 spiro atoms. The Morgan fingerprint density at radius 1 is 1.37 bits per heavy atom. The van der Waals surface area contributed by atoms with Crippen molar-refractivity contribution in [2.45, 2.75) is 33.1 Å². The van der Waals surface area contributed by atoms with E-state index in [0.717, 1.165) is 0 Å². The van der Waals surface area contributed by atoms with Crippen LogP contribution in [0.2, 0.25) is 0 Å². The molecule has 106 valence electrons. The SMILES string of the molecule is CCC(C)CN(C(=O)O)C(=O)ON1C(=O)CCC1=O. The van der Waals surface area contributed by atoms with Crippen LogP contribution in [0.5, 0.6) is 0 Å².